The molecule has 1 rings (SSSR count). The number of pyridine rings is 1. The van der Waals surface area contributed by atoms with Crippen LogP contribution in [0.3, 0.4) is 0 Å². The van der Waals surface area contributed by atoms with Crippen LogP contribution in [0.2, 0.25) is 0 Å². The summed E-state index contributed by atoms with van der Waals surface area (Å²) < 4.78 is 2.95. The van der Waals surface area contributed by atoms with Crippen LogP contribution in [0.1, 0.15) is 0 Å². The molecule has 0 atom stereocenters. The zero-order valence-corrected chi connectivity index (χ0v) is 7.68. The molecule has 0 unspecified atom stereocenters. The molecule has 2 nitrogen and oxygen atoms in total. The number of nitrogens with one attached hydrogen (secondary N) is 1. The Balaban J connectivity index is 3.32. The molecular weight excluding hydrogens is 284 g/mol. The topological polar surface area (TPSA) is 28.8 Å². The fourth-order valence-corrected chi connectivity index (χ4v) is 1.24. The summed E-state index contributed by atoms with van der Waals surface area (Å²) in [6.07, 6.45) is 3.18. The number of rotatable bonds is 1. The zero-order chi connectivity index (χ0) is 6.69. The first-order valence-electron chi connectivity index (χ1n) is 2.52. The fourth-order valence-electron chi connectivity index (χ4n) is 0.546. The van der Waals surface area contributed by atoms with Crippen molar-refractivity contribution in [1.29, 1.82) is 5.41 Å². The molecule has 1 aromatic rings. The van der Waals surface area contributed by atoms with Crippen LogP contribution in [0.15, 0.2) is 24.4 Å². The van der Waals surface area contributed by atoms with E-state index in [1.54, 1.807) is 4.57 Å². The van der Waals surface area contributed by atoms with Gasteiger partial charge in [-0.25, -0.2) is 0 Å². The molecule has 0 aliphatic heterocycles. The van der Waals surface area contributed by atoms with Gasteiger partial charge in [-0.1, -0.05) is 0 Å². The molecule has 0 bridgehead atoms. The summed E-state index contributed by atoms with van der Waals surface area (Å²) in [6.45, 7) is 0. The van der Waals surface area contributed by atoms with E-state index in [1.165, 1.54) is 25.7 Å². The first kappa shape index (κ1) is 6.63. The zero-order valence-electron chi connectivity index (χ0n) is 4.74. The van der Waals surface area contributed by atoms with E-state index in [9.17, 15) is 0 Å². The molecule has 0 spiro atoms. The SMILES string of the molecule is N=Cn1cccc[c]1=[W]. The normalized spacial score (nSPS) is 8.89. The van der Waals surface area contributed by atoms with Crippen molar-refractivity contribution < 1.29 is 19.4 Å². The first-order valence-corrected chi connectivity index (χ1v) is 3.99. The van der Waals surface area contributed by atoms with Crippen LogP contribution in [0.25, 0.3) is 0 Å². The summed E-state index contributed by atoms with van der Waals surface area (Å²) >= 11 is 1.38. The van der Waals surface area contributed by atoms with Gasteiger partial charge in [-0.2, -0.15) is 0 Å². The van der Waals surface area contributed by atoms with E-state index in [1.807, 2.05) is 24.4 Å². The number of nitrogens with zero attached hydrogens (tertiary/aromatic N) is 1. The molecule has 0 amide bonds. The van der Waals surface area contributed by atoms with Crippen LogP contribution in [0.4, 0.5) is 0 Å². The van der Waals surface area contributed by atoms with Gasteiger partial charge < -0.3 is 0 Å². The van der Waals surface area contributed by atoms with Crippen LogP contribution in [0.5, 0.6) is 0 Å². The Morgan fingerprint density at radius 1 is 1.56 bits per heavy atom. The van der Waals surface area contributed by atoms with E-state index in [0.717, 1.165) is 3.67 Å². The second-order valence-electron chi connectivity index (χ2n) is 1.58. The molecule has 0 aliphatic rings. The second-order valence-corrected chi connectivity index (χ2v) is 3.08. The van der Waals surface area contributed by atoms with Crippen LogP contribution in [0, 0.1) is 9.08 Å². The third kappa shape index (κ3) is 1.46. The van der Waals surface area contributed by atoms with E-state index in [4.69, 9.17) is 5.41 Å². The third-order valence-corrected chi connectivity index (χ3v) is 2.24. The molecule has 46 valence electrons. The van der Waals surface area contributed by atoms with Crippen LogP contribution in [-0.4, -0.2) is 10.9 Å². The van der Waals surface area contributed by atoms with Crippen LogP contribution in [-0.2, 0) is 19.4 Å². The molecule has 9 heavy (non-hydrogen) atoms. The van der Waals surface area contributed by atoms with E-state index in [2.05, 4.69) is 0 Å². The van der Waals surface area contributed by atoms with Crippen LogP contribution >= 0.6 is 0 Å². The van der Waals surface area contributed by atoms with Crippen molar-refractivity contribution in [2.24, 2.45) is 0 Å². The van der Waals surface area contributed by atoms with Crippen molar-refractivity contribution in [2.45, 2.75) is 0 Å². The molecule has 0 saturated carbocycles. The van der Waals surface area contributed by atoms with Gasteiger partial charge in [0.1, 0.15) is 0 Å². The molecule has 3 heteroatoms. The quantitative estimate of drug-likeness (QED) is 0.591. The van der Waals surface area contributed by atoms with Crippen molar-refractivity contribution in [3.05, 3.63) is 28.1 Å². The van der Waals surface area contributed by atoms with E-state index >= 15 is 0 Å². The molecule has 1 heterocycles. The Bertz CT molecular complexity index is 264. The summed E-state index contributed by atoms with van der Waals surface area (Å²) in [4.78, 5) is 0. The average Bonchev–Trinajstić information content (AvgIpc) is 1.89. The summed E-state index contributed by atoms with van der Waals surface area (Å²) in [5.74, 6) is 0. The van der Waals surface area contributed by atoms with Crippen molar-refractivity contribution in [3.8, 4) is 0 Å². The van der Waals surface area contributed by atoms with Gasteiger partial charge in [-0.15, -0.1) is 0 Å². The Labute approximate surface area is 64.1 Å². The summed E-state index contributed by atoms with van der Waals surface area (Å²) in [5, 5.41) is 6.94. The molecule has 0 fully saturated rings. The molecule has 0 aromatic carbocycles. The van der Waals surface area contributed by atoms with Crippen molar-refractivity contribution in [3.63, 3.8) is 0 Å². The molecule has 1 N–H and O–H groups in total. The predicted molar refractivity (Wildman–Crippen MR) is 31.9 cm³/mol. The van der Waals surface area contributed by atoms with Gasteiger partial charge in [-0.3, -0.25) is 0 Å². The molecule has 0 saturated heterocycles. The Morgan fingerprint density at radius 2 is 2.33 bits per heavy atom. The predicted octanol–water partition coefficient (Wildman–Crippen LogP) is 1.02. The van der Waals surface area contributed by atoms with Crippen molar-refractivity contribution in [2.75, 3.05) is 0 Å². The van der Waals surface area contributed by atoms with Gasteiger partial charge in [0.15, 0.2) is 0 Å². The van der Waals surface area contributed by atoms with Gasteiger partial charge in [0.05, 0.1) is 0 Å². The minimum atomic E-state index is 1.16. The van der Waals surface area contributed by atoms with Gasteiger partial charge in [0.2, 0.25) is 0 Å². The summed E-state index contributed by atoms with van der Waals surface area (Å²) in [7, 11) is 0. The Hall–Kier alpha value is -0.492. The maximum absolute atomic E-state index is 6.94. The standard InChI is InChI=1S/C6H6N2.W/c7-6-8-4-2-1-3-5-8;/h1-4,6-7H;. The third-order valence-electron chi connectivity index (χ3n) is 0.990. The maximum atomic E-state index is 6.94. The monoisotopic (exact) mass is 290 g/mol. The molecule has 0 aliphatic carbocycles. The van der Waals surface area contributed by atoms with E-state index in [0.29, 0.717) is 0 Å². The number of hydrogen-bond acceptors (Lipinski definition) is 1. The Morgan fingerprint density at radius 3 is 2.78 bits per heavy atom. The number of hydrogen-bond donors (Lipinski definition) is 1. The van der Waals surface area contributed by atoms with Crippen LogP contribution < -0.4 is 0 Å². The molecule has 1 aromatic heterocycles. The number of aromatic nitrogens is 1. The Kier molecular flexibility index (Phi) is 2.12. The van der Waals surface area contributed by atoms with E-state index < -0.39 is 0 Å². The van der Waals surface area contributed by atoms with Crippen molar-refractivity contribution in [1.82, 2.24) is 4.57 Å². The molecular formula is C6H6N2W. The van der Waals surface area contributed by atoms with Gasteiger partial charge in [-0.05, 0) is 0 Å². The van der Waals surface area contributed by atoms with Crippen molar-refractivity contribution >= 4 is 6.34 Å². The fraction of sp³-hybridized carbons (Fsp3) is 0. The first-order chi connectivity index (χ1) is 4.34. The second kappa shape index (κ2) is 2.88. The minimum absolute atomic E-state index is 1.16. The average molecular weight is 290 g/mol. The van der Waals surface area contributed by atoms with Gasteiger partial charge in [0, 0.05) is 0 Å². The van der Waals surface area contributed by atoms with Gasteiger partial charge in [0.25, 0.3) is 0 Å². The van der Waals surface area contributed by atoms with Gasteiger partial charge >= 0.3 is 63.7 Å². The molecule has 0 radical (unpaired) electrons. The summed E-state index contributed by atoms with van der Waals surface area (Å²) in [5.41, 5.74) is 0. The summed E-state index contributed by atoms with van der Waals surface area (Å²) in [6, 6.07) is 5.89. The van der Waals surface area contributed by atoms with E-state index in [-0.39, 0.29) is 0 Å².